The van der Waals surface area contributed by atoms with Crippen molar-refractivity contribution in [3.05, 3.63) is 29.6 Å². The number of benzene rings is 1. The summed E-state index contributed by atoms with van der Waals surface area (Å²) in [5, 5.41) is 2.88. The van der Waals surface area contributed by atoms with Crippen LogP contribution in [-0.2, 0) is 0 Å². The monoisotopic (exact) mass is 252 g/mol. The molecule has 0 aliphatic heterocycles. The first-order valence-corrected chi connectivity index (χ1v) is 6.35. The highest BCUT2D eigenvalue weighted by molar-refractivity contribution is 5.99. The molecule has 1 unspecified atom stereocenters. The molecule has 1 rings (SSSR count). The van der Waals surface area contributed by atoms with Gasteiger partial charge in [0.15, 0.2) is 0 Å². The first-order valence-electron chi connectivity index (χ1n) is 6.35. The molecule has 0 spiro atoms. The van der Waals surface area contributed by atoms with E-state index < -0.39 is 5.82 Å². The molecular weight excluding hydrogens is 231 g/mol. The summed E-state index contributed by atoms with van der Waals surface area (Å²) < 4.78 is 13.1. The second-order valence-electron chi connectivity index (χ2n) is 4.57. The summed E-state index contributed by atoms with van der Waals surface area (Å²) in [6.07, 6.45) is 1.99. The van der Waals surface area contributed by atoms with Gasteiger partial charge in [0.2, 0.25) is 0 Å². The van der Waals surface area contributed by atoms with Gasteiger partial charge in [-0.25, -0.2) is 4.39 Å². The number of carbonyl (C=O) groups excluding carboxylic acids is 1. The van der Waals surface area contributed by atoms with Crippen LogP contribution >= 0.6 is 0 Å². The summed E-state index contributed by atoms with van der Waals surface area (Å²) in [6, 6.07) is 3.88. The van der Waals surface area contributed by atoms with Crippen molar-refractivity contribution in [1.29, 1.82) is 0 Å². The van der Waals surface area contributed by atoms with Crippen LogP contribution < -0.4 is 11.1 Å². The van der Waals surface area contributed by atoms with Crippen LogP contribution in [0.25, 0.3) is 0 Å². The number of anilines is 1. The van der Waals surface area contributed by atoms with Crippen molar-refractivity contribution < 1.29 is 9.18 Å². The zero-order valence-electron chi connectivity index (χ0n) is 11.2. The lowest BCUT2D eigenvalue weighted by molar-refractivity contribution is 0.0925. The number of hydrogen-bond donors (Lipinski definition) is 2. The molecule has 0 aliphatic rings. The zero-order chi connectivity index (χ0) is 13.7. The maximum absolute atomic E-state index is 13.1. The third kappa shape index (κ3) is 3.45. The Morgan fingerprint density at radius 2 is 2.00 bits per heavy atom. The van der Waals surface area contributed by atoms with Crippen molar-refractivity contribution in [3.63, 3.8) is 0 Å². The SMILES string of the molecule is CCC(CC)C(C)NC(=O)c1cc(F)ccc1N. The third-order valence-electron chi connectivity index (χ3n) is 3.37. The molecule has 4 heteroatoms. The Bertz CT molecular complexity index is 416. The van der Waals surface area contributed by atoms with Gasteiger partial charge in [-0.15, -0.1) is 0 Å². The molecule has 0 radical (unpaired) electrons. The van der Waals surface area contributed by atoms with Crippen molar-refractivity contribution in [3.8, 4) is 0 Å². The molecular formula is C14H21FN2O. The molecule has 0 bridgehead atoms. The first kappa shape index (κ1) is 14.5. The van der Waals surface area contributed by atoms with Crippen molar-refractivity contribution in [2.75, 3.05) is 5.73 Å². The van der Waals surface area contributed by atoms with E-state index in [1.807, 2.05) is 6.92 Å². The molecule has 100 valence electrons. The van der Waals surface area contributed by atoms with Crippen LogP contribution in [0.3, 0.4) is 0 Å². The van der Waals surface area contributed by atoms with Crippen LogP contribution in [0.1, 0.15) is 44.0 Å². The van der Waals surface area contributed by atoms with E-state index in [-0.39, 0.29) is 17.5 Å². The topological polar surface area (TPSA) is 55.1 Å². The molecule has 3 nitrogen and oxygen atoms in total. The van der Waals surface area contributed by atoms with Crippen LogP contribution in [-0.4, -0.2) is 11.9 Å². The lowest BCUT2D eigenvalue weighted by Crippen LogP contribution is -2.38. The smallest absolute Gasteiger partial charge is 0.253 e. The molecule has 0 heterocycles. The predicted octanol–water partition coefficient (Wildman–Crippen LogP) is 2.96. The third-order valence-corrected chi connectivity index (χ3v) is 3.37. The van der Waals surface area contributed by atoms with Crippen LogP contribution in [0.5, 0.6) is 0 Å². The van der Waals surface area contributed by atoms with E-state index in [4.69, 9.17) is 5.73 Å². The molecule has 0 aliphatic carbocycles. The molecule has 0 saturated carbocycles. The summed E-state index contributed by atoms with van der Waals surface area (Å²) in [4.78, 5) is 12.0. The number of halogens is 1. The minimum absolute atomic E-state index is 0.0511. The largest absolute Gasteiger partial charge is 0.398 e. The van der Waals surface area contributed by atoms with E-state index in [2.05, 4.69) is 19.2 Å². The van der Waals surface area contributed by atoms with E-state index >= 15 is 0 Å². The maximum Gasteiger partial charge on any atom is 0.253 e. The summed E-state index contributed by atoms with van der Waals surface area (Å²) >= 11 is 0. The molecule has 0 fully saturated rings. The van der Waals surface area contributed by atoms with Crippen LogP contribution in [0.2, 0.25) is 0 Å². The van der Waals surface area contributed by atoms with Crippen molar-refractivity contribution >= 4 is 11.6 Å². The molecule has 3 N–H and O–H groups in total. The van der Waals surface area contributed by atoms with Gasteiger partial charge in [0.1, 0.15) is 5.82 Å². The average Bonchev–Trinajstić information content (AvgIpc) is 2.33. The van der Waals surface area contributed by atoms with Gasteiger partial charge in [0.25, 0.3) is 5.91 Å². The number of nitrogen functional groups attached to an aromatic ring is 1. The Morgan fingerprint density at radius 3 is 2.56 bits per heavy atom. The predicted molar refractivity (Wildman–Crippen MR) is 71.8 cm³/mol. The Balaban J connectivity index is 2.79. The highest BCUT2D eigenvalue weighted by Crippen LogP contribution is 2.16. The molecule has 0 saturated heterocycles. The van der Waals surface area contributed by atoms with E-state index in [0.29, 0.717) is 11.6 Å². The van der Waals surface area contributed by atoms with Gasteiger partial charge >= 0.3 is 0 Å². The summed E-state index contributed by atoms with van der Waals surface area (Å²) in [5.74, 6) is -0.348. The van der Waals surface area contributed by atoms with E-state index in [1.54, 1.807) is 0 Å². The van der Waals surface area contributed by atoms with Gasteiger partial charge in [0.05, 0.1) is 5.56 Å². The molecule has 1 atom stereocenters. The van der Waals surface area contributed by atoms with Gasteiger partial charge in [-0.05, 0) is 31.0 Å². The second-order valence-corrected chi connectivity index (χ2v) is 4.57. The lowest BCUT2D eigenvalue weighted by atomic mass is 9.95. The number of amides is 1. The Kier molecular flexibility index (Phi) is 5.13. The van der Waals surface area contributed by atoms with Crippen molar-refractivity contribution in [1.82, 2.24) is 5.32 Å². The molecule has 0 aromatic heterocycles. The maximum atomic E-state index is 13.1. The first-order chi connectivity index (χ1) is 8.49. The molecule has 1 aromatic carbocycles. The van der Waals surface area contributed by atoms with Gasteiger partial charge in [0, 0.05) is 11.7 Å². The highest BCUT2D eigenvalue weighted by Gasteiger charge is 2.18. The Morgan fingerprint density at radius 1 is 1.39 bits per heavy atom. The minimum Gasteiger partial charge on any atom is -0.398 e. The minimum atomic E-state index is -0.454. The highest BCUT2D eigenvalue weighted by atomic mass is 19.1. The number of nitrogens with one attached hydrogen (secondary N) is 1. The second kappa shape index (κ2) is 6.38. The fraction of sp³-hybridized carbons (Fsp3) is 0.500. The number of nitrogens with two attached hydrogens (primary N) is 1. The summed E-state index contributed by atoms with van der Waals surface area (Å²) in [5.41, 5.74) is 6.18. The fourth-order valence-electron chi connectivity index (χ4n) is 2.12. The van der Waals surface area contributed by atoms with Gasteiger partial charge in [-0.3, -0.25) is 4.79 Å². The van der Waals surface area contributed by atoms with E-state index in [9.17, 15) is 9.18 Å². The fourth-order valence-corrected chi connectivity index (χ4v) is 2.12. The molecule has 1 aromatic rings. The van der Waals surface area contributed by atoms with Gasteiger partial charge in [-0.1, -0.05) is 26.7 Å². The number of carbonyl (C=O) groups is 1. The van der Waals surface area contributed by atoms with Crippen LogP contribution in [0.4, 0.5) is 10.1 Å². The van der Waals surface area contributed by atoms with E-state index in [0.717, 1.165) is 12.8 Å². The standard InChI is InChI=1S/C14H21FN2O/c1-4-10(5-2)9(3)17-14(18)12-8-11(15)6-7-13(12)16/h6-10H,4-5,16H2,1-3H3,(H,17,18). The zero-order valence-corrected chi connectivity index (χ0v) is 11.2. The van der Waals surface area contributed by atoms with E-state index in [1.165, 1.54) is 18.2 Å². The summed E-state index contributed by atoms with van der Waals surface area (Å²) in [6.45, 7) is 6.14. The quantitative estimate of drug-likeness (QED) is 0.792. The Labute approximate surface area is 108 Å². The van der Waals surface area contributed by atoms with Crippen molar-refractivity contribution in [2.24, 2.45) is 5.92 Å². The number of hydrogen-bond acceptors (Lipinski definition) is 2. The van der Waals surface area contributed by atoms with Gasteiger partial charge in [-0.2, -0.15) is 0 Å². The number of rotatable bonds is 5. The van der Waals surface area contributed by atoms with Crippen LogP contribution in [0.15, 0.2) is 18.2 Å². The molecule has 18 heavy (non-hydrogen) atoms. The van der Waals surface area contributed by atoms with Crippen LogP contribution in [0, 0.1) is 11.7 Å². The normalized spacial score (nSPS) is 12.5. The van der Waals surface area contributed by atoms with Gasteiger partial charge < -0.3 is 11.1 Å². The van der Waals surface area contributed by atoms with Crippen molar-refractivity contribution in [2.45, 2.75) is 39.7 Å². The lowest BCUT2D eigenvalue weighted by Gasteiger charge is -2.22. The average molecular weight is 252 g/mol. The molecule has 1 amide bonds. The summed E-state index contributed by atoms with van der Waals surface area (Å²) in [7, 11) is 0. The Hall–Kier alpha value is -1.58.